The molecule has 1 aliphatic rings. The summed E-state index contributed by atoms with van der Waals surface area (Å²) in [5.74, 6) is -2.36. The third kappa shape index (κ3) is 2.57. The molecule has 0 bridgehead atoms. The van der Waals surface area contributed by atoms with Gasteiger partial charge in [0.15, 0.2) is 11.6 Å². The SMILES string of the molecule is CCC1(CC)C(Cl)CC1Oc1cc(F)c([N+](=O)[O-])cc1F. The van der Waals surface area contributed by atoms with Crippen LogP contribution in [0.2, 0.25) is 0 Å². The number of nitro benzene ring substituents is 1. The van der Waals surface area contributed by atoms with Gasteiger partial charge in [-0.05, 0) is 12.8 Å². The minimum absolute atomic E-state index is 0.0662. The Morgan fingerprint density at radius 2 is 2.00 bits per heavy atom. The van der Waals surface area contributed by atoms with Crippen molar-refractivity contribution in [3.63, 3.8) is 0 Å². The second kappa shape index (κ2) is 5.75. The molecule has 4 nitrogen and oxygen atoms in total. The highest BCUT2D eigenvalue weighted by Gasteiger charge is 2.53. The third-order valence-corrected chi connectivity index (χ3v) is 5.08. The van der Waals surface area contributed by atoms with Gasteiger partial charge in [-0.3, -0.25) is 10.1 Å². The standard InChI is InChI=1S/C14H16ClF2NO3/c1-3-14(4-2)12(15)7-13(14)21-11-6-8(16)10(18(19)20)5-9(11)17/h5-6,12-13H,3-4,7H2,1-2H3. The summed E-state index contributed by atoms with van der Waals surface area (Å²) < 4.78 is 33.0. The minimum Gasteiger partial charge on any atom is -0.487 e. The maximum atomic E-state index is 13.8. The smallest absolute Gasteiger partial charge is 0.307 e. The third-order valence-electron chi connectivity index (χ3n) is 4.47. The number of alkyl halides is 1. The summed E-state index contributed by atoms with van der Waals surface area (Å²) in [5, 5.41) is 10.5. The highest BCUT2D eigenvalue weighted by atomic mass is 35.5. The van der Waals surface area contributed by atoms with E-state index in [4.69, 9.17) is 16.3 Å². The van der Waals surface area contributed by atoms with E-state index in [0.717, 1.165) is 18.9 Å². The average Bonchev–Trinajstić information content (AvgIpc) is 2.43. The first-order chi connectivity index (χ1) is 9.85. The quantitative estimate of drug-likeness (QED) is 0.458. The fourth-order valence-electron chi connectivity index (χ4n) is 2.91. The van der Waals surface area contributed by atoms with E-state index in [1.807, 2.05) is 13.8 Å². The lowest BCUT2D eigenvalue weighted by Crippen LogP contribution is -2.56. The van der Waals surface area contributed by atoms with E-state index in [-0.39, 0.29) is 22.6 Å². The van der Waals surface area contributed by atoms with Gasteiger partial charge in [0.05, 0.1) is 11.0 Å². The molecule has 1 aromatic carbocycles. The number of hydrogen-bond acceptors (Lipinski definition) is 3. The van der Waals surface area contributed by atoms with Crippen molar-refractivity contribution in [2.75, 3.05) is 0 Å². The molecule has 0 aliphatic heterocycles. The van der Waals surface area contributed by atoms with E-state index < -0.39 is 22.2 Å². The molecule has 1 saturated carbocycles. The van der Waals surface area contributed by atoms with Gasteiger partial charge in [-0.25, -0.2) is 4.39 Å². The Kier molecular flexibility index (Phi) is 4.37. The molecule has 0 radical (unpaired) electrons. The van der Waals surface area contributed by atoms with Crippen LogP contribution in [0.15, 0.2) is 12.1 Å². The lowest BCUT2D eigenvalue weighted by molar-refractivity contribution is -0.387. The zero-order chi connectivity index (χ0) is 15.8. The topological polar surface area (TPSA) is 52.4 Å². The first-order valence-corrected chi connectivity index (χ1v) is 7.23. The molecule has 1 aliphatic carbocycles. The van der Waals surface area contributed by atoms with Gasteiger partial charge in [0.25, 0.3) is 0 Å². The van der Waals surface area contributed by atoms with Crippen LogP contribution in [0, 0.1) is 27.2 Å². The van der Waals surface area contributed by atoms with Crippen LogP contribution in [0.25, 0.3) is 0 Å². The second-order valence-corrected chi connectivity index (χ2v) is 5.77. The van der Waals surface area contributed by atoms with Crippen LogP contribution < -0.4 is 4.74 Å². The molecule has 2 rings (SSSR count). The zero-order valence-corrected chi connectivity index (χ0v) is 12.5. The summed E-state index contributed by atoms with van der Waals surface area (Å²) in [6.45, 7) is 3.95. The Morgan fingerprint density at radius 1 is 1.38 bits per heavy atom. The maximum absolute atomic E-state index is 13.8. The van der Waals surface area contributed by atoms with Gasteiger partial charge >= 0.3 is 5.69 Å². The number of ether oxygens (including phenoxy) is 1. The van der Waals surface area contributed by atoms with Crippen molar-refractivity contribution in [1.29, 1.82) is 0 Å². The fourth-order valence-corrected chi connectivity index (χ4v) is 3.52. The van der Waals surface area contributed by atoms with Crippen LogP contribution in [0.4, 0.5) is 14.5 Å². The van der Waals surface area contributed by atoms with Crippen LogP contribution in [-0.4, -0.2) is 16.4 Å². The van der Waals surface area contributed by atoms with Crippen LogP contribution in [0.3, 0.4) is 0 Å². The van der Waals surface area contributed by atoms with Gasteiger partial charge in [-0.2, -0.15) is 4.39 Å². The summed E-state index contributed by atoms with van der Waals surface area (Å²) in [5.41, 5.74) is -1.17. The molecule has 0 spiro atoms. The molecule has 7 heteroatoms. The van der Waals surface area contributed by atoms with Crippen LogP contribution in [0.5, 0.6) is 5.75 Å². The Morgan fingerprint density at radius 3 is 2.48 bits per heavy atom. The van der Waals surface area contributed by atoms with Crippen molar-refractivity contribution in [2.45, 2.75) is 44.6 Å². The predicted octanol–water partition coefficient (Wildman–Crippen LogP) is 4.44. The summed E-state index contributed by atoms with van der Waals surface area (Å²) in [7, 11) is 0. The number of nitrogens with zero attached hydrogens (tertiary/aromatic N) is 1. The second-order valence-electron chi connectivity index (χ2n) is 5.24. The van der Waals surface area contributed by atoms with Gasteiger partial charge < -0.3 is 4.74 Å². The molecular weight excluding hydrogens is 304 g/mol. The van der Waals surface area contributed by atoms with Gasteiger partial charge in [0.2, 0.25) is 5.82 Å². The van der Waals surface area contributed by atoms with Crippen molar-refractivity contribution in [1.82, 2.24) is 0 Å². The van der Waals surface area contributed by atoms with Crippen molar-refractivity contribution >= 4 is 17.3 Å². The lowest BCUT2D eigenvalue weighted by atomic mass is 9.62. The van der Waals surface area contributed by atoms with Gasteiger partial charge in [-0.1, -0.05) is 13.8 Å². The van der Waals surface area contributed by atoms with Crippen molar-refractivity contribution in [3.8, 4) is 5.75 Å². The normalized spacial score (nSPS) is 23.5. The summed E-state index contributed by atoms with van der Waals surface area (Å²) in [6.07, 6.45) is 1.76. The number of benzene rings is 1. The Hall–Kier alpha value is -1.43. The van der Waals surface area contributed by atoms with Gasteiger partial charge in [-0.15, -0.1) is 11.6 Å². The number of nitro groups is 1. The molecule has 2 unspecified atom stereocenters. The molecule has 0 saturated heterocycles. The average molecular weight is 320 g/mol. The molecule has 2 atom stereocenters. The van der Waals surface area contributed by atoms with E-state index in [0.29, 0.717) is 12.5 Å². The molecule has 0 amide bonds. The van der Waals surface area contributed by atoms with Gasteiger partial charge in [0, 0.05) is 23.3 Å². The monoisotopic (exact) mass is 319 g/mol. The molecule has 0 aromatic heterocycles. The number of halogens is 3. The van der Waals surface area contributed by atoms with E-state index in [2.05, 4.69) is 0 Å². The first kappa shape index (κ1) is 15.9. The lowest BCUT2D eigenvalue weighted by Gasteiger charge is -2.52. The Bertz CT molecular complexity index is 563. The summed E-state index contributed by atoms with van der Waals surface area (Å²) in [6, 6.07) is 1.27. The first-order valence-electron chi connectivity index (χ1n) is 6.79. The molecule has 0 N–H and O–H groups in total. The van der Waals surface area contributed by atoms with Crippen molar-refractivity contribution in [2.24, 2.45) is 5.41 Å². The summed E-state index contributed by atoms with van der Waals surface area (Å²) in [4.78, 5) is 9.58. The van der Waals surface area contributed by atoms with Crippen LogP contribution in [-0.2, 0) is 0 Å². The van der Waals surface area contributed by atoms with Gasteiger partial charge in [0.1, 0.15) is 6.10 Å². The molecular formula is C14H16ClF2NO3. The van der Waals surface area contributed by atoms with Crippen LogP contribution >= 0.6 is 11.6 Å². The van der Waals surface area contributed by atoms with E-state index in [1.165, 1.54) is 0 Å². The molecule has 21 heavy (non-hydrogen) atoms. The fraction of sp³-hybridized carbons (Fsp3) is 0.571. The van der Waals surface area contributed by atoms with E-state index in [9.17, 15) is 18.9 Å². The molecule has 1 fully saturated rings. The summed E-state index contributed by atoms with van der Waals surface area (Å²) >= 11 is 6.23. The van der Waals surface area contributed by atoms with Crippen molar-refractivity contribution in [3.05, 3.63) is 33.9 Å². The van der Waals surface area contributed by atoms with E-state index >= 15 is 0 Å². The largest absolute Gasteiger partial charge is 0.487 e. The molecule has 1 aromatic rings. The predicted molar refractivity (Wildman–Crippen MR) is 74.7 cm³/mol. The Labute approximate surface area is 126 Å². The maximum Gasteiger partial charge on any atom is 0.307 e. The van der Waals surface area contributed by atoms with Crippen LogP contribution in [0.1, 0.15) is 33.1 Å². The van der Waals surface area contributed by atoms with E-state index in [1.54, 1.807) is 0 Å². The highest BCUT2D eigenvalue weighted by Crippen LogP contribution is 2.52. The van der Waals surface area contributed by atoms with Crippen molar-refractivity contribution < 1.29 is 18.4 Å². The number of hydrogen-bond donors (Lipinski definition) is 0. The molecule has 0 heterocycles. The zero-order valence-electron chi connectivity index (χ0n) is 11.7. The minimum atomic E-state index is -1.11. The number of rotatable bonds is 5. The molecule has 116 valence electrons. The highest BCUT2D eigenvalue weighted by molar-refractivity contribution is 6.21. The Balaban J connectivity index is 2.25.